The molecule has 0 saturated carbocycles. The third-order valence-electron chi connectivity index (χ3n) is 2.64. The number of aromatic nitrogens is 1. The average Bonchev–Trinajstić information content (AvgIpc) is 2.27. The summed E-state index contributed by atoms with van der Waals surface area (Å²) in [6.07, 6.45) is 0. The van der Waals surface area contributed by atoms with Crippen LogP contribution in [0.1, 0.15) is 31.0 Å². The van der Waals surface area contributed by atoms with Crippen LogP contribution in [-0.4, -0.2) is 4.98 Å². The number of pyridine rings is 1. The first kappa shape index (κ1) is 10.1. The lowest BCUT2D eigenvalue weighted by Gasteiger charge is -2.09. The van der Waals surface area contributed by atoms with Crippen LogP contribution in [0, 0.1) is 0 Å². The molecule has 0 amide bonds. The molecule has 0 fully saturated rings. The molecule has 0 aliphatic carbocycles. The van der Waals surface area contributed by atoms with E-state index in [1.807, 2.05) is 6.07 Å². The second kappa shape index (κ2) is 3.99. The minimum atomic E-state index is 0.495. The number of nitrogens with two attached hydrogens (primary N) is 1. The van der Waals surface area contributed by atoms with Crippen LogP contribution < -0.4 is 5.73 Å². The van der Waals surface area contributed by atoms with Crippen molar-refractivity contribution in [3.8, 4) is 0 Å². The summed E-state index contributed by atoms with van der Waals surface area (Å²) in [5, 5.41) is 1.19. The van der Waals surface area contributed by atoms with Crippen molar-refractivity contribution in [2.24, 2.45) is 5.73 Å². The largest absolute Gasteiger partial charge is 0.325 e. The zero-order chi connectivity index (χ0) is 10.8. The van der Waals surface area contributed by atoms with Gasteiger partial charge in [-0.3, -0.25) is 4.98 Å². The Balaban J connectivity index is 2.70. The normalized spacial score (nSPS) is 11.2. The molecule has 78 valence electrons. The van der Waals surface area contributed by atoms with Crippen LogP contribution in [0.5, 0.6) is 0 Å². The molecule has 1 aromatic carbocycles. The predicted octanol–water partition coefficient (Wildman–Crippen LogP) is 2.82. The van der Waals surface area contributed by atoms with E-state index in [-0.39, 0.29) is 0 Å². The van der Waals surface area contributed by atoms with Gasteiger partial charge in [-0.15, -0.1) is 0 Å². The third kappa shape index (κ3) is 1.85. The van der Waals surface area contributed by atoms with E-state index in [1.165, 1.54) is 10.9 Å². The number of rotatable bonds is 2. The Bertz CT molecular complexity index is 475. The first-order valence-corrected chi connectivity index (χ1v) is 5.31. The molecular formula is C13H16N2. The standard InChI is InChI=1S/C13H16N2/c1-9(2)12-5-3-4-10-6-7-11(8-14)15-13(10)12/h3-7,9H,8,14H2,1-2H3. The fourth-order valence-electron chi connectivity index (χ4n) is 1.79. The van der Waals surface area contributed by atoms with Crippen LogP contribution in [0.25, 0.3) is 10.9 Å². The number of fused-ring (bicyclic) bond motifs is 1. The van der Waals surface area contributed by atoms with Crippen LogP contribution >= 0.6 is 0 Å². The van der Waals surface area contributed by atoms with E-state index in [1.54, 1.807) is 0 Å². The Morgan fingerprint density at radius 1 is 1.20 bits per heavy atom. The first-order valence-electron chi connectivity index (χ1n) is 5.31. The fourth-order valence-corrected chi connectivity index (χ4v) is 1.79. The topological polar surface area (TPSA) is 38.9 Å². The van der Waals surface area contributed by atoms with Crippen molar-refractivity contribution in [1.82, 2.24) is 4.98 Å². The molecule has 2 rings (SSSR count). The van der Waals surface area contributed by atoms with E-state index in [0.717, 1.165) is 11.2 Å². The number of benzene rings is 1. The Morgan fingerprint density at radius 2 is 2.00 bits per heavy atom. The van der Waals surface area contributed by atoms with Crippen molar-refractivity contribution < 1.29 is 0 Å². The van der Waals surface area contributed by atoms with Crippen LogP contribution in [-0.2, 0) is 6.54 Å². The summed E-state index contributed by atoms with van der Waals surface area (Å²) in [7, 11) is 0. The van der Waals surface area contributed by atoms with Gasteiger partial charge in [0.1, 0.15) is 0 Å². The van der Waals surface area contributed by atoms with Gasteiger partial charge in [-0.2, -0.15) is 0 Å². The van der Waals surface area contributed by atoms with Gasteiger partial charge in [0.05, 0.1) is 11.2 Å². The molecule has 0 aliphatic heterocycles. The molecule has 0 bridgehead atoms. The van der Waals surface area contributed by atoms with E-state index in [2.05, 4.69) is 43.1 Å². The summed E-state index contributed by atoms with van der Waals surface area (Å²) >= 11 is 0. The fraction of sp³-hybridized carbons (Fsp3) is 0.308. The molecule has 0 spiro atoms. The highest BCUT2D eigenvalue weighted by Crippen LogP contribution is 2.23. The minimum absolute atomic E-state index is 0.495. The molecule has 2 heteroatoms. The smallest absolute Gasteiger partial charge is 0.0740 e. The monoisotopic (exact) mass is 200 g/mol. The third-order valence-corrected chi connectivity index (χ3v) is 2.64. The van der Waals surface area contributed by atoms with Crippen LogP contribution in [0.3, 0.4) is 0 Å². The molecule has 2 nitrogen and oxygen atoms in total. The molecule has 0 aliphatic rings. The Kier molecular flexibility index (Phi) is 2.69. The van der Waals surface area contributed by atoms with Crippen LogP contribution in [0.15, 0.2) is 30.3 Å². The van der Waals surface area contributed by atoms with Gasteiger partial charge >= 0.3 is 0 Å². The van der Waals surface area contributed by atoms with E-state index >= 15 is 0 Å². The highest BCUT2D eigenvalue weighted by atomic mass is 14.7. The highest BCUT2D eigenvalue weighted by Gasteiger charge is 2.06. The molecule has 15 heavy (non-hydrogen) atoms. The minimum Gasteiger partial charge on any atom is -0.325 e. The Labute approximate surface area is 90.1 Å². The van der Waals surface area contributed by atoms with Gasteiger partial charge in [-0.05, 0) is 17.5 Å². The number of para-hydroxylation sites is 1. The first-order chi connectivity index (χ1) is 7.22. The van der Waals surface area contributed by atoms with Gasteiger partial charge in [-0.1, -0.05) is 38.1 Å². The Morgan fingerprint density at radius 3 is 2.67 bits per heavy atom. The van der Waals surface area contributed by atoms with Crippen molar-refractivity contribution in [2.75, 3.05) is 0 Å². The SMILES string of the molecule is CC(C)c1cccc2ccc(CN)nc12. The van der Waals surface area contributed by atoms with Crippen molar-refractivity contribution in [3.63, 3.8) is 0 Å². The second-order valence-corrected chi connectivity index (χ2v) is 4.08. The molecule has 1 aromatic heterocycles. The van der Waals surface area contributed by atoms with E-state index < -0.39 is 0 Å². The van der Waals surface area contributed by atoms with Gasteiger partial charge in [0, 0.05) is 11.9 Å². The maximum absolute atomic E-state index is 5.60. The van der Waals surface area contributed by atoms with Gasteiger partial charge in [0.2, 0.25) is 0 Å². The second-order valence-electron chi connectivity index (χ2n) is 4.08. The molecule has 0 saturated heterocycles. The summed E-state index contributed by atoms with van der Waals surface area (Å²) < 4.78 is 0. The molecular weight excluding hydrogens is 184 g/mol. The van der Waals surface area contributed by atoms with Crippen molar-refractivity contribution in [1.29, 1.82) is 0 Å². The van der Waals surface area contributed by atoms with Gasteiger partial charge in [0.25, 0.3) is 0 Å². The summed E-state index contributed by atoms with van der Waals surface area (Å²) in [5.41, 5.74) is 8.95. The van der Waals surface area contributed by atoms with Gasteiger partial charge < -0.3 is 5.73 Å². The van der Waals surface area contributed by atoms with Crippen molar-refractivity contribution in [2.45, 2.75) is 26.3 Å². The molecule has 2 aromatic rings. The van der Waals surface area contributed by atoms with Gasteiger partial charge in [-0.25, -0.2) is 0 Å². The lowest BCUT2D eigenvalue weighted by Crippen LogP contribution is -2.01. The van der Waals surface area contributed by atoms with Crippen LogP contribution in [0.2, 0.25) is 0 Å². The summed E-state index contributed by atoms with van der Waals surface area (Å²) in [6, 6.07) is 10.4. The Hall–Kier alpha value is -1.41. The van der Waals surface area contributed by atoms with Crippen molar-refractivity contribution >= 4 is 10.9 Å². The summed E-state index contributed by atoms with van der Waals surface area (Å²) in [5.74, 6) is 0.495. The lowest BCUT2D eigenvalue weighted by atomic mass is 9.99. The maximum atomic E-state index is 5.60. The summed E-state index contributed by atoms with van der Waals surface area (Å²) in [4.78, 5) is 4.59. The van der Waals surface area contributed by atoms with E-state index in [4.69, 9.17) is 5.73 Å². The lowest BCUT2D eigenvalue weighted by molar-refractivity contribution is 0.870. The molecule has 0 atom stereocenters. The predicted molar refractivity (Wildman–Crippen MR) is 63.7 cm³/mol. The maximum Gasteiger partial charge on any atom is 0.0740 e. The average molecular weight is 200 g/mol. The number of hydrogen-bond acceptors (Lipinski definition) is 2. The van der Waals surface area contributed by atoms with Crippen LogP contribution in [0.4, 0.5) is 0 Å². The molecule has 2 N–H and O–H groups in total. The van der Waals surface area contributed by atoms with E-state index in [0.29, 0.717) is 12.5 Å². The van der Waals surface area contributed by atoms with Crippen molar-refractivity contribution in [3.05, 3.63) is 41.6 Å². The zero-order valence-electron chi connectivity index (χ0n) is 9.20. The van der Waals surface area contributed by atoms with Gasteiger partial charge in [0.15, 0.2) is 0 Å². The highest BCUT2D eigenvalue weighted by molar-refractivity contribution is 5.82. The zero-order valence-corrected chi connectivity index (χ0v) is 9.20. The molecule has 1 heterocycles. The number of nitrogens with zero attached hydrogens (tertiary/aromatic N) is 1. The number of hydrogen-bond donors (Lipinski definition) is 1. The molecule has 0 unspecified atom stereocenters. The summed E-state index contributed by atoms with van der Waals surface area (Å²) in [6.45, 7) is 4.87. The molecule has 0 radical (unpaired) electrons. The van der Waals surface area contributed by atoms with E-state index in [9.17, 15) is 0 Å². The quantitative estimate of drug-likeness (QED) is 0.809.